The smallest absolute Gasteiger partial charge is 0.224 e. The third-order valence-corrected chi connectivity index (χ3v) is 3.22. The summed E-state index contributed by atoms with van der Waals surface area (Å²) >= 11 is 5.26. The molecular formula is C12H15N3OS. The Morgan fingerprint density at radius 1 is 1.47 bits per heavy atom. The Labute approximate surface area is 104 Å². The zero-order valence-electron chi connectivity index (χ0n) is 9.86. The fraction of sp³-hybridized carbons (Fsp3) is 0.333. The van der Waals surface area contributed by atoms with Gasteiger partial charge in [-0.3, -0.25) is 4.79 Å². The summed E-state index contributed by atoms with van der Waals surface area (Å²) < 4.78 is 2.52. The Bertz CT molecular complexity index is 624. The largest absolute Gasteiger partial charge is 0.369 e. The van der Waals surface area contributed by atoms with Crippen LogP contribution in [0.4, 0.5) is 0 Å². The molecule has 0 fully saturated rings. The van der Waals surface area contributed by atoms with Gasteiger partial charge >= 0.3 is 0 Å². The molecule has 0 aliphatic carbocycles. The number of benzene rings is 1. The number of aromatic amines is 1. The third kappa shape index (κ3) is 2.10. The van der Waals surface area contributed by atoms with Gasteiger partial charge < -0.3 is 15.3 Å². The van der Waals surface area contributed by atoms with E-state index in [-0.39, 0.29) is 5.91 Å². The van der Waals surface area contributed by atoms with Crippen molar-refractivity contribution in [2.45, 2.75) is 20.4 Å². The second-order valence-corrected chi connectivity index (χ2v) is 5.17. The minimum absolute atomic E-state index is 0.329. The van der Waals surface area contributed by atoms with E-state index in [1.165, 1.54) is 0 Å². The van der Waals surface area contributed by atoms with Crippen LogP contribution in [0.5, 0.6) is 0 Å². The van der Waals surface area contributed by atoms with Gasteiger partial charge in [-0.05, 0) is 38.2 Å². The van der Waals surface area contributed by atoms with Crippen LogP contribution in [0.2, 0.25) is 0 Å². The molecular weight excluding hydrogens is 234 g/mol. The monoisotopic (exact) mass is 249 g/mol. The first-order chi connectivity index (χ1) is 7.92. The lowest BCUT2D eigenvalue weighted by atomic mass is 9.92. The van der Waals surface area contributed by atoms with Crippen molar-refractivity contribution in [1.82, 2.24) is 9.55 Å². The molecule has 0 saturated heterocycles. The fourth-order valence-corrected chi connectivity index (χ4v) is 2.01. The molecule has 0 radical (unpaired) electrons. The topological polar surface area (TPSA) is 63.8 Å². The van der Waals surface area contributed by atoms with Gasteiger partial charge in [0.25, 0.3) is 0 Å². The number of primary amides is 1. The number of nitrogens with two attached hydrogens (primary N) is 1. The Morgan fingerprint density at radius 2 is 2.12 bits per heavy atom. The SMILES string of the molecule is CC(C)(Cn1c(=S)[nH]c2ccccc21)C(N)=O. The van der Waals surface area contributed by atoms with Crippen molar-refractivity contribution in [3.63, 3.8) is 0 Å². The first kappa shape index (κ1) is 11.9. The average molecular weight is 249 g/mol. The lowest BCUT2D eigenvalue weighted by Crippen LogP contribution is -2.35. The van der Waals surface area contributed by atoms with Gasteiger partial charge in [-0.25, -0.2) is 0 Å². The number of hydrogen-bond donors (Lipinski definition) is 2. The predicted octanol–water partition coefficient (Wildman–Crippen LogP) is 2.21. The number of imidazole rings is 1. The van der Waals surface area contributed by atoms with Gasteiger partial charge in [0.1, 0.15) is 0 Å². The molecule has 4 nitrogen and oxygen atoms in total. The van der Waals surface area contributed by atoms with E-state index in [9.17, 15) is 4.79 Å². The van der Waals surface area contributed by atoms with Crippen LogP contribution in [0.15, 0.2) is 24.3 Å². The highest BCUT2D eigenvalue weighted by atomic mass is 32.1. The number of nitrogens with zero attached hydrogens (tertiary/aromatic N) is 1. The summed E-state index contributed by atoms with van der Waals surface area (Å²) in [6, 6.07) is 7.81. The van der Waals surface area contributed by atoms with Crippen LogP contribution >= 0.6 is 12.2 Å². The van der Waals surface area contributed by atoms with E-state index in [1.807, 2.05) is 42.7 Å². The summed E-state index contributed by atoms with van der Waals surface area (Å²) in [5, 5.41) is 0. The van der Waals surface area contributed by atoms with Crippen molar-refractivity contribution in [2.75, 3.05) is 0 Å². The number of para-hydroxylation sites is 2. The highest BCUT2D eigenvalue weighted by molar-refractivity contribution is 7.71. The van der Waals surface area contributed by atoms with Gasteiger partial charge in [0.2, 0.25) is 5.91 Å². The summed E-state index contributed by atoms with van der Waals surface area (Å²) in [6.07, 6.45) is 0. The first-order valence-corrected chi connectivity index (χ1v) is 5.80. The van der Waals surface area contributed by atoms with Crippen molar-refractivity contribution in [2.24, 2.45) is 11.1 Å². The summed E-state index contributed by atoms with van der Waals surface area (Å²) in [5.74, 6) is -0.329. The fourth-order valence-electron chi connectivity index (χ4n) is 1.74. The number of fused-ring (bicyclic) bond motifs is 1. The Hall–Kier alpha value is -1.62. The zero-order valence-corrected chi connectivity index (χ0v) is 10.7. The highest BCUT2D eigenvalue weighted by Crippen LogP contribution is 2.22. The number of rotatable bonds is 3. The molecule has 0 aliphatic heterocycles. The minimum Gasteiger partial charge on any atom is -0.369 e. The molecule has 0 saturated carbocycles. The van der Waals surface area contributed by atoms with Crippen LogP contribution < -0.4 is 5.73 Å². The van der Waals surface area contributed by atoms with Crippen molar-refractivity contribution in [3.05, 3.63) is 29.0 Å². The molecule has 90 valence electrons. The minimum atomic E-state index is -0.622. The molecule has 5 heteroatoms. The van der Waals surface area contributed by atoms with Gasteiger partial charge in [-0.15, -0.1) is 0 Å². The summed E-state index contributed by atoms with van der Waals surface area (Å²) in [6.45, 7) is 4.11. The maximum Gasteiger partial charge on any atom is 0.224 e. The van der Waals surface area contributed by atoms with Crippen molar-refractivity contribution in [1.29, 1.82) is 0 Å². The molecule has 1 aromatic carbocycles. The van der Waals surface area contributed by atoms with Crippen LogP contribution in [0, 0.1) is 10.2 Å². The summed E-state index contributed by atoms with van der Waals surface area (Å²) in [5.41, 5.74) is 6.73. The second-order valence-electron chi connectivity index (χ2n) is 4.78. The zero-order chi connectivity index (χ0) is 12.6. The molecule has 17 heavy (non-hydrogen) atoms. The number of carbonyl (C=O) groups is 1. The van der Waals surface area contributed by atoms with Gasteiger partial charge in [-0.1, -0.05) is 12.1 Å². The van der Waals surface area contributed by atoms with Gasteiger partial charge in [-0.2, -0.15) is 0 Å². The van der Waals surface area contributed by atoms with Crippen molar-refractivity contribution in [3.8, 4) is 0 Å². The third-order valence-electron chi connectivity index (χ3n) is 2.90. The number of carbonyl (C=O) groups excluding carboxylic acids is 1. The van der Waals surface area contributed by atoms with E-state index in [2.05, 4.69) is 4.98 Å². The molecule has 1 aromatic heterocycles. The second kappa shape index (κ2) is 4.00. The van der Waals surface area contributed by atoms with Crippen LogP contribution in [-0.4, -0.2) is 15.5 Å². The number of hydrogen-bond acceptors (Lipinski definition) is 2. The number of H-pyrrole nitrogens is 1. The quantitative estimate of drug-likeness (QED) is 0.819. The van der Waals surface area contributed by atoms with Crippen molar-refractivity contribution >= 4 is 29.2 Å². The van der Waals surface area contributed by atoms with E-state index < -0.39 is 5.41 Å². The molecule has 0 spiro atoms. The van der Waals surface area contributed by atoms with E-state index in [0.717, 1.165) is 11.0 Å². The molecule has 1 amide bonds. The number of amides is 1. The highest BCUT2D eigenvalue weighted by Gasteiger charge is 2.26. The van der Waals surface area contributed by atoms with Crippen LogP contribution in [0.3, 0.4) is 0 Å². The van der Waals surface area contributed by atoms with Crippen LogP contribution in [0.1, 0.15) is 13.8 Å². The Morgan fingerprint density at radius 3 is 2.76 bits per heavy atom. The lowest BCUT2D eigenvalue weighted by Gasteiger charge is -2.21. The van der Waals surface area contributed by atoms with Gasteiger partial charge in [0.05, 0.1) is 16.4 Å². The molecule has 0 aliphatic rings. The number of nitrogens with one attached hydrogen (secondary N) is 1. The molecule has 3 N–H and O–H groups in total. The normalized spacial score (nSPS) is 11.9. The summed E-state index contributed by atoms with van der Waals surface area (Å²) in [4.78, 5) is 14.5. The average Bonchev–Trinajstić information content (AvgIpc) is 2.55. The molecule has 0 atom stereocenters. The van der Waals surface area contributed by atoms with Gasteiger partial charge in [0.15, 0.2) is 4.77 Å². The molecule has 0 unspecified atom stereocenters. The molecule has 1 heterocycles. The Balaban J connectivity index is 2.53. The summed E-state index contributed by atoms with van der Waals surface area (Å²) in [7, 11) is 0. The van der Waals surface area contributed by atoms with E-state index in [4.69, 9.17) is 18.0 Å². The van der Waals surface area contributed by atoms with E-state index in [0.29, 0.717) is 11.3 Å². The maximum absolute atomic E-state index is 11.4. The van der Waals surface area contributed by atoms with Gasteiger partial charge in [0, 0.05) is 6.54 Å². The van der Waals surface area contributed by atoms with Crippen LogP contribution in [0.25, 0.3) is 11.0 Å². The van der Waals surface area contributed by atoms with Crippen molar-refractivity contribution < 1.29 is 4.79 Å². The molecule has 2 rings (SSSR count). The maximum atomic E-state index is 11.4. The Kier molecular flexibility index (Phi) is 2.79. The first-order valence-electron chi connectivity index (χ1n) is 5.39. The predicted molar refractivity (Wildman–Crippen MR) is 70.1 cm³/mol. The standard InChI is InChI=1S/C12H15N3OS/c1-12(2,10(13)16)7-15-9-6-4-3-5-8(9)14-11(15)17/h3-6H,7H2,1-2H3,(H2,13,16)(H,14,17). The van der Waals surface area contributed by atoms with E-state index >= 15 is 0 Å². The van der Waals surface area contributed by atoms with E-state index in [1.54, 1.807) is 0 Å². The molecule has 0 bridgehead atoms. The number of aromatic nitrogens is 2. The lowest BCUT2D eigenvalue weighted by molar-refractivity contribution is -0.126. The molecule has 2 aromatic rings. The van der Waals surface area contributed by atoms with Crippen LogP contribution in [-0.2, 0) is 11.3 Å².